The summed E-state index contributed by atoms with van der Waals surface area (Å²) in [4.78, 5) is 0. The molecule has 1 aliphatic rings. The molecule has 1 aromatic rings. The first kappa shape index (κ1) is 15.4. The first-order valence-corrected chi connectivity index (χ1v) is 8.43. The van der Waals surface area contributed by atoms with Crippen LogP contribution in [-0.4, -0.2) is 15.0 Å². The monoisotopic (exact) mass is 303 g/mol. The molecule has 1 saturated carbocycles. The number of halogens is 2. The molecular weight excluding hydrogens is 284 g/mol. The summed E-state index contributed by atoms with van der Waals surface area (Å²) in [5.74, 6) is -2.32. The van der Waals surface area contributed by atoms with Crippen LogP contribution in [0.25, 0.3) is 0 Å². The quantitative estimate of drug-likeness (QED) is 0.878. The van der Waals surface area contributed by atoms with Crippen molar-refractivity contribution >= 4 is 10.0 Å². The molecule has 2 rings (SSSR count). The fourth-order valence-corrected chi connectivity index (χ4v) is 3.79. The van der Waals surface area contributed by atoms with Gasteiger partial charge >= 0.3 is 0 Å². The van der Waals surface area contributed by atoms with Gasteiger partial charge in [-0.25, -0.2) is 21.9 Å². The maximum absolute atomic E-state index is 13.5. The Morgan fingerprint density at radius 1 is 1.25 bits per heavy atom. The smallest absolute Gasteiger partial charge is 0.214 e. The van der Waals surface area contributed by atoms with Crippen LogP contribution in [-0.2, 0) is 15.8 Å². The SMILES string of the molecule is CCC1(CNS(=O)(=O)Cc2c(F)cccc2F)CCC1. The van der Waals surface area contributed by atoms with Crippen molar-refractivity contribution in [3.63, 3.8) is 0 Å². The van der Waals surface area contributed by atoms with E-state index in [4.69, 9.17) is 0 Å². The maximum atomic E-state index is 13.5. The van der Waals surface area contributed by atoms with E-state index in [0.29, 0.717) is 6.54 Å². The van der Waals surface area contributed by atoms with Gasteiger partial charge in [-0.1, -0.05) is 19.4 Å². The highest BCUT2D eigenvalue weighted by Crippen LogP contribution is 2.43. The minimum absolute atomic E-state index is 0.0286. The average molecular weight is 303 g/mol. The van der Waals surface area contributed by atoms with E-state index in [0.717, 1.165) is 37.8 Å². The molecule has 112 valence electrons. The van der Waals surface area contributed by atoms with Gasteiger partial charge in [0.1, 0.15) is 11.6 Å². The second-order valence-electron chi connectivity index (χ2n) is 5.49. The number of hydrogen-bond acceptors (Lipinski definition) is 2. The normalized spacial score (nSPS) is 17.8. The van der Waals surface area contributed by atoms with Crippen molar-refractivity contribution in [1.29, 1.82) is 0 Å². The highest BCUT2D eigenvalue weighted by Gasteiger charge is 2.36. The van der Waals surface area contributed by atoms with Crippen molar-refractivity contribution in [3.05, 3.63) is 35.4 Å². The Hall–Kier alpha value is -1.01. The standard InChI is InChI=1S/C14H19F2NO2S/c1-2-14(7-4-8-14)10-17-20(18,19)9-11-12(15)5-3-6-13(11)16/h3,5-6,17H,2,4,7-10H2,1H3. The van der Waals surface area contributed by atoms with Gasteiger partial charge in [0.25, 0.3) is 0 Å². The van der Waals surface area contributed by atoms with Crippen LogP contribution in [0.15, 0.2) is 18.2 Å². The zero-order valence-electron chi connectivity index (χ0n) is 11.5. The second-order valence-corrected chi connectivity index (χ2v) is 7.29. The van der Waals surface area contributed by atoms with Crippen molar-refractivity contribution < 1.29 is 17.2 Å². The number of benzene rings is 1. The molecule has 1 aliphatic carbocycles. The molecule has 0 aliphatic heterocycles. The van der Waals surface area contributed by atoms with Crippen LogP contribution in [0.2, 0.25) is 0 Å². The Bertz CT molecular complexity index is 557. The second kappa shape index (κ2) is 5.77. The van der Waals surface area contributed by atoms with E-state index in [2.05, 4.69) is 4.72 Å². The van der Waals surface area contributed by atoms with Crippen molar-refractivity contribution in [1.82, 2.24) is 4.72 Å². The van der Waals surface area contributed by atoms with Crippen molar-refractivity contribution in [3.8, 4) is 0 Å². The molecule has 0 radical (unpaired) electrons. The molecule has 0 spiro atoms. The maximum Gasteiger partial charge on any atom is 0.216 e. The molecule has 1 N–H and O–H groups in total. The van der Waals surface area contributed by atoms with Gasteiger partial charge in [0.05, 0.1) is 5.75 Å². The molecular formula is C14H19F2NO2S. The fraction of sp³-hybridized carbons (Fsp3) is 0.571. The predicted molar refractivity (Wildman–Crippen MR) is 73.6 cm³/mol. The van der Waals surface area contributed by atoms with Crippen molar-refractivity contribution in [2.75, 3.05) is 6.54 Å². The van der Waals surface area contributed by atoms with Gasteiger partial charge in [0.15, 0.2) is 0 Å². The molecule has 0 aromatic heterocycles. The van der Waals surface area contributed by atoms with Crippen LogP contribution >= 0.6 is 0 Å². The molecule has 20 heavy (non-hydrogen) atoms. The third kappa shape index (κ3) is 3.35. The lowest BCUT2D eigenvalue weighted by molar-refractivity contribution is 0.133. The van der Waals surface area contributed by atoms with Crippen LogP contribution in [0.4, 0.5) is 8.78 Å². The third-order valence-corrected chi connectivity index (χ3v) is 5.48. The van der Waals surface area contributed by atoms with E-state index in [1.54, 1.807) is 0 Å². The highest BCUT2D eigenvalue weighted by atomic mass is 32.2. The minimum Gasteiger partial charge on any atom is -0.214 e. The molecule has 0 amide bonds. The van der Waals surface area contributed by atoms with Gasteiger partial charge in [0.2, 0.25) is 10.0 Å². The van der Waals surface area contributed by atoms with Crippen LogP contribution in [0.1, 0.15) is 38.2 Å². The molecule has 0 heterocycles. The Morgan fingerprint density at radius 3 is 2.30 bits per heavy atom. The number of nitrogens with one attached hydrogen (secondary N) is 1. The summed E-state index contributed by atoms with van der Waals surface area (Å²) in [6, 6.07) is 3.34. The lowest BCUT2D eigenvalue weighted by atomic mass is 9.67. The summed E-state index contributed by atoms with van der Waals surface area (Å²) < 4.78 is 53.4. The third-order valence-electron chi connectivity index (χ3n) is 4.23. The lowest BCUT2D eigenvalue weighted by Gasteiger charge is -2.41. The summed E-state index contributed by atoms with van der Waals surface area (Å²) in [5, 5.41) is 0. The van der Waals surface area contributed by atoms with Gasteiger partial charge < -0.3 is 0 Å². The Morgan fingerprint density at radius 2 is 1.85 bits per heavy atom. The molecule has 6 heteroatoms. The van der Waals surface area contributed by atoms with Gasteiger partial charge in [-0.3, -0.25) is 0 Å². The zero-order valence-corrected chi connectivity index (χ0v) is 12.3. The molecule has 1 fully saturated rings. The van der Waals surface area contributed by atoms with E-state index < -0.39 is 33.0 Å². The summed E-state index contributed by atoms with van der Waals surface area (Å²) in [5.41, 5.74) is -0.375. The average Bonchev–Trinajstić information content (AvgIpc) is 2.33. The molecule has 0 bridgehead atoms. The highest BCUT2D eigenvalue weighted by molar-refractivity contribution is 7.88. The first-order valence-electron chi connectivity index (χ1n) is 6.78. The van der Waals surface area contributed by atoms with Crippen LogP contribution < -0.4 is 4.72 Å². The van der Waals surface area contributed by atoms with E-state index in [1.807, 2.05) is 6.92 Å². The molecule has 0 unspecified atom stereocenters. The largest absolute Gasteiger partial charge is 0.216 e. The summed E-state index contributed by atoms with van der Waals surface area (Å²) in [6.07, 6.45) is 4.02. The summed E-state index contributed by atoms with van der Waals surface area (Å²) in [6.45, 7) is 2.38. The van der Waals surface area contributed by atoms with Crippen molar-refractivity contribution in [2.24, 2.45) is 5.41 Å². The van der Waals surface area contributed by atoms with Gasteiger partial charge in [0, 0.05) is 12.1 Å². The lowest BCUT2D eigenvalue weighted by Crippen LogP contribution is -2.42. The molecule has 0 atom stereocenters. The Kier molecular flexibility index (Phi) is 4.44. The van der Waals surface area contributed by atoms with E-state index in [9.17, 15) is 17.2 Å². The summed E-state index contributed by atoms with van der Waals surface area (Å²) >= 11 is 0. The summed E-state index contributed by atoms with van der Waals surface area (Å²) in [7, 11) is -3.73. The van der Waals surface area contributed by atoms with Crippen LogP contribution in [0.5, 0.6) is 0 Å². The van der Waals surface area contributed by atoms with Crippen molar-refractivity contribution in [2.45, 2.75) is 38.4 Å². The van der Waals surface area contributed by atoms with E-state index in [-0.39, 0.29) is 5.41 Å². The molecule has 1 aromatic carbocycles. The number of sulfonamides is 1. The van der Waals surface area contributed by atoms with E-state index in [1.165, 1.54) is 6.07 Å². The molecule has 0 saturated heterocycles. The van der Waals surface area contributed by atoms with Crippen LogP contribution in [0.3, 0.4) is 0 Å². The minimum atomic E-state index is -3.73. The van der Waals surface area contributed by atoms with E-state index >= 15 is 0 Å². The Balaban J connectivity index is 2.04. The topological polar surface area (TPSA) is 46.2 Å². The predicted octanol–water partition coefficient (Wildman–Crippen LogP) is 2.96. The molecule has 3 nitrogen and oxygen atoms in total. The Labute approximate surface area is 118 Å². The first-order chi connectivity index (χ1) is 9.37. The van der Waals surface area contributed by atoms with Crippen LogP contribution in [0, 0.1) is 17.0 Å². The van der Waals surface area contributed by atoms with Gasteiger partial charge in [-0.05, 0) is 36.8 Å². The van der Waals surface area contributed by atoms with Gasteiger partial charge in [-0.15, -0.1) is 0 Å². The fourth-order valence-electron chi connectivity index (χ4n) is 2.51. The van der Waals surface area contributed by atoms with Gasteiger partial charge in [-0.2, -0.15) is 0 Å². The zero-order chi connectivity index (χ0) is 14.8. The number of rotatable bonds is 6. The number of hydrogen-bond donors (Lipinski definition) is 1.